The van der Waals surface area contributed by atoms with Gasteiger partial charge in [-0.25, -0.2) is 9.37 Å². The van der Waals surface area contributed by atoms with E-state index in [4.69, 9.17) is 0 Å². The summed E-state index contributed by atoms with van der Waals surface area (Å²) >= 11 is 0. The molecular weight excluding hydrogens is 217 g/mol. The van der Waals surface area contributed by atoms with Gasteiger partial charge in [-0.2, -0.15) is 0 Å². The molecule has 3 nitrogen and oxygen atoms in total. The lowest BCUT2D eigenvalue weighted by molar-refractivity contribution is 0.615. The molecule has 0 spiro atoms. The van der Waals surface area contributed by atoms with Gasteiger partial charge in [0.15, 0.2) is 0 Å². The first-order valence-electron chi connectivity index (χ1n) is 5.82. The summed E-state index contributed by atoms with van der Waals surface area (Å²) in [5, 5.41) is 3.27. The lowest BCUT2D eigenvalue weighted by atomic mass is 10.1. The maximum absolute atomic E-state index is 13.2. The van der Waals surface area contributed by atoms with Crippen molar-refractivity contribution in [2.24, 2.45) is 0 Å². The van der Waals surface area contributed by atoms with Crippen molar-refractivity contribution in [2.75, 3.05) is 11.9 Å². The van der Waals surface area contributed by atoms with Crippen molar-refractivity contribution in [3.8, 4) is 11.3 Å². The molecule has 1 aromatic heterocycles. The second-order valence-electron chi connectivity index (χ2n) is 4.31. The van der Waals surface area contributed by atoms with Crippen LogP contribution in [0.2, 0.25) is 0 Å². The molecule has 2 aromatic rings. The molecule has 0 amide bonds. The van der Waals surface area contributed by atoms with Crippen molar-refractivity contribution >= 4 is 5.95 Å². The van der Waals surface area contributed by atoms with E-state index in [0.717, 1.165) is 42.4 Å². The molecule has 0 saturated heterocycles. The first kappa shape index (κ1) is 10.3. The Labute approximate surface area is 99.3 Å². The van der Waals surface area contributed by atoms with Gasteiger partial charge >= 0.3 is 0 Å². The summed E-state index contributed by atoms with van der Waals surface area (Å²) in [5.74, 6) is 0.675. The van der Waals surface area contributed by atoms with Gasteiger partial charge in [0, 0.05) is 24.3 Å². The third kappa shape index (κ3) is 1.69. The van der Waals surface area contributed by atoms with Gasteiger partial charge < -0.3 is 9.88 Å². The molecule has 88 valence electrons. The van der Waals surface area contributed by atoms with E-state index in [9.17, 15) is 4.39 Å². The summed E-state index contributed by atoms with van der Waals surface area (Å²) < 4.78 is 15.4. The number of halogens is 1. The van der Waals surface area contributed by atoms with Crippen LogP contribution in [0.4, 0.5) is 10.3 Å². The zero-order chi connectivity index (χ0) is 11.8. The van der Waals surface area contributed by atoms with Gasteiger partial charge in [0.1, 0.15) is 5.82 Å². The Morgan fingerprint density at radius 2 is 2.29 bits per heavy atom. The Kier molecular flexibility index (Phi) is 2.35. The molecule has 0 bridgehead atoms. The van der Waals surface area contributed by atoms with Crippen LogP contribution in [-0.2, 0) is 6.54 Å². The maximum atomic E-state index is 13.2. The standard InChI is InChI=1S/C13H14FN3/c1-9-12(10-4-2-5-11(14)8-10)16-13-15-6-3-7-17(9)13/h2,4-5,8H,3,6-7H2,1H3,(H,15,16). The second-order valence-corrected chi connectivity index (χ2v) is 4.31. The van der Waals surface area contributed by atoms with Crippen LogP contribution in [0, 0.1) is 12.7 Å². The first-order chi connectivity index (χ1) is 8.25. The Morgan fingerprint density at radius 3 is 3.06 bits per heavy atom. The molecule has 0 fully saturated rings. The Morgan fingerprint density at radius 1 is 1.41 bits per heavy atom. The lowest BCUT2D eigenvalue weighted by Gasteiger charge is -2.16. The van der Waals surface area contributed by atoms with E-state index in [2.05, 4.69) is 14.9 Å². The van der Waals surface area contributed by atoms with Crippen molar-refractivity contribution in [1.82, 2.24) is 9.55 Å². The summed E-state index contributed by atoms with van der Waals surface area (Å²) in [4.78, 5) is 4.55. The van der Waals surface area contributed by atoms with Gasteiger partial charge in [-0.3, -0.25) is 0 Å². The highest BCUT2D eigenvalue weighted by Gasteiger charge is 2.17. The summed E-state index contributed by atoms with van der Waals surface area (Å²) in [6, 6.07) is 6.59. The summed E-state index contributed by atoms with van der Waals surface area (Å²) in [6.45, 7) is 3.97. The maximum Gasteiger partial charge on any atom is 0.203 e. The van der Waals surface area contributed by atoms with E-state index in [1.165, 1.54) is 12.1 Å². The summed E-state index contributed by atoms with van der Waals surface area (Å²) in [6.07, 6.45) is 1.10. The van der Waals surface area contributed by atoms with Gasteiger partial charge in [-0.1, -0.05) is 12.1 Å². The zero-order valence-corrected chi connectivity index (χ0v) is 9.70. The van der Waals surface area contributed by atoms with Crippen LogP contribution in [0.15, 0.2) is 24.3 Å². The van der Waals surface area contributed by atoms with Crippen molar-refractivity contribution in [2.45, 2.75) is 19.9 Å². The predicted octanol–water partition coefficient (Wildman–Crippen LogP) is 2.81. The number of nitrogens with one attached hydrogen (secondary N) is 1. The number of hydrogen-bond acceptors (Lipinski definition) is 2. The van der Waals surface area contributed by atoms with Crippen LogP contribution in [0.5, 0.6) is 0 Å². The fraction of sp³-hybridized carbons (Fsp3) is 0.308. The van der Waals surface area contributed by atoms with Gasteiger partial charge in [0.05, 0.1) is 5.69 Å². The summed E-state index contributed by atoms with van der Waals surface area (Å²) in [5.41, 5.74) is 2.80. The molecule has 2 heterocycles. The molecule has 0 radical (unpaired) electrons. The average molecular weight is 231 g/mol. The van der Waals surface area contributed by atoms with Crippen LogP contribution >= 0.6 is 0 Å². The van der Waals surface area contributed by atoms with E-state index in [-0.39, 0.29) is 5.82 Å². The first-order valence-corrected chi connectivity index (χ1v) is 5.82. The molecule has 0 unspecified atom stereocenters. The number of aromatic nitrogens is 2. The molecular formula is C13H14FN3. The molecule has 17 heavy (non-hydrogen) atoms. The Hall–Kier alpha value is -1.84. The van der Waals surface area contributed by atoms with Gasteiger partial charge in [0.25, 0.3) is 0 Å². The number of anilines is 1. The molecule has 1 aliphatic heterocycles. The quantitative estimate of drug-likeness (QED) is 0.817. The largest absolute Gasteiger partial charge is 0.356 e. The van der Waals surface area contributed by atoms with Crippen molar-refractivity contribution in [3.05, 3.63) is 35.8 Å². The third-order valence-corrected chi connectivity index (χ3v) is 3.16. The zero-order valence-electron chi connectivity index (χ0n) is 9.70. The fourth-order valence-corrected chi connectivity index (χ4v) is 2.29. The molecule has 0 saturated carbocycles. The van der Waals surface area contributed by atoms with Crippen molar-refractivity contribution < 1.29 is 4.39 Å². The number of imidazole rings is 1. The van der Waals surface area contributed by atoms with E-state index >= 15 is 0 Å². The van der Waals surface area contributed by atoms with Crippen LogP contribution in [0.3, 0.4) is 0 Å². The van der Waals surface area contributed by atoms with Crippen molar-refractivity contribution in [1.29, 1.82) is 0 Å². The topological polar surface area (TPSA) is 29.9 Å². The number of benzene rings is 1. The highest BCUT2D eigenvalue weighted by Crippen LogP contribution is 2.27. The van der Waals surface area contributed by atoms with Crippen LogP contribution in [-0.4, -0.2) is 16.1 Å². The minimum atomic E-state index is -0.221. The molecule has 4 heteroatoms. The molecule has 1 N–H and O–H groups in total. The minimum Gasteiger partial charge on any atom is -0.356 e. The fourth-order valence-electron chi connectivity index (χ4n) is 2.29. The smallest absolute Gasteiger partial charge is 0.203 e. The van der Waals surface area contributed by atoms with Crippen LogP contribution < -0.4 is 5.32 Å². The van der Waals surface area contributed by atoms with E-state index < -0.39 is 0 Å². The average Bonchev–Trinajstić information content (AvgIpc) is 2.68. The molecule has 1 aliphatic rings. The summed E-state index contributed by atoms with van der Waals surface area (Å²) in [7, 11) is 0. The van der Waals surface area contributed by atoms with Crippen LogP contribution in [0.25, 0.3) is 11.3 Å². The van der Waals surface area contributed by atoms with E-state index in [1.807, 2.05) is 13.0 Å². The number of nitrogens with zero attached hydrogens (tertiary/aromatic N) is 2. The second kappa shape index (κ2) is 3.87. The highest BCUT2D eigenvalue weighted by atomic mass is 19.1. The van der Waals surface area contributed by atoms with Crippen molar-refractivity contribution in [3.63, 3.8) is 0 Å². The Bertz CT molecular complexity index is 560. The number of hydrogen-bond donors (Lipinski definition) is 1. The van der Waals surface area contributed by atoms with E-state index in [0.29, 0.717) is 0 Å². The highest BCUT2D eigenvalue weighted by molar-refractivity contribution is 5.64. The molecule has 0 atom stereocenters. The van der Waals surface area contributed by atoms with Gasteiger partial charge in [-0.05, 0) is 25.5 Å². The van der Waals surface area contributed by atoms with Gasteiger partial charge in [0.2, 0.25) is 5.95 Å². The predicted molar refractivity (Wildman–Crippen MR) is 65.5 cm³/mol. The Balaban J connectivity index is 2.12. The SMILES string of the molecule is Cc1c(-c2cccc(F)c2)nc2n1CCCN2. The van der Waals surface area contributed by atoms with Crippen LogP contribution in [0.1, 0.15) is 12.1 Å². The molecule has 0 aliphatic carbocycles. The lowest BCUT2D eigenvalue weighted by Crippen LogP contribution is -2.17. The number of fused-ring (bicyclic) bond motifs is 1. The monoisotopic (exact) mass is 231 g/mol. The molecule has 1 aromatic carbocycles. The minimum absolute atomic E-state index is 0.221. The van der Waals surface area contributed by atoms with Gasteiger partial charge in [-0.15, -0.1) is 0 Å². The third-order valence-electron chi connectivity index (χ3n) is 3.16. The molecule has 3 rings (SSSR count). The number of rotatable bonds is 1. The normalized spacial score (nSPS) is 14.2. The van der Waals surface area contributed by atoms with E-state index in [1.54, 1.807) is 6.07 Å².